The van der Waals surface area contributed by atoms with Crippen LogP contribution < -0.4 is 10.5 Å². The lowest BCUT2D eigenvalue weighted by Crippen LogP contribution is -2.32. The summed E-state index contributed by atoms with van der Waals surface area (Å²) < 4.78 is 40.0. The van der Waals surface area contributed by atoms with Crippen LogP contribution in [0.25, 0.3) is 0 Å². The second-order valence-electron chi connectivity index (χ2n) is 5.62. The summed E-state index contributed by atoms with van der Waals surface area (Å²) in [6.45, 7) is 2.49. The van der Waals surface area contributed by atoms with E-state index in [1.807, 2.05) is 0 Å². The number of nitrogens with zero attached hydrogens (tertiary/aromatic N) is 1. The zero-order valence-corrected chi connectivity index (χ0v) is 13.0. The van der Waals surface area contributed by atoms with Crippen molar-refractivity contribution in [1.29, 1.82) is 0 Å². The Morgan fingerprint density at radius 1 is 1.38 bits per heavy atom. The highest BCUT2D eigenvalue weighted by molar-refractivity contribution is 7.89. The number of nitrogens with two attached hydrogens (primary N) is 1. The molecule has 5 nitrogen and oxygen atoms in total. The van der Waals surface area contributed by atoms with Crippen molar-refractivity contribution in [2.75, 3.05) is 32.4 Å². The maximum Gasteiger partial charge on any atom is 0.240 e. The van der Waals surface area contributed by atoms with Gasteiger partial charge in [-0.05, 0) is 63.5 Å². The summed E-state index contributed by atoms with van der Waals surface area (Å²) in [5, 5.41) is 0. The van der Waals surface area contributed by atoms with E-state index >= 15 is 0 Å². The van der Waals surface area contributed by atoms with Crippen LogP contribution in [0.2, 0.25) is 0 Å². The molecular formula is C14H22FN3O2S. The Hall–Kier alpha value is -1.18. The third-order valence-corrected chi connectivity index (χ3v) is 5.42. The van der Waals surface area contributed by atoms with Crippen molar-refractivity contribution in [1.82, 2.24) is 9.62 Å². The molecule has 0 aromatic heterocycles. The van der Waals surface area contributed by atoms with Crippen molar-refractivity contribution in [3.05, 3.63) is 24.0 Å². The summed E-state index contributed by atoms with van der Waals surface area (Å²) in [7, 11) is -1.58. The van der Waals surface area contributed by atoms with Gasteiger partial charge < -0.3 is 10.6 Å². The van der Waals surface area contributed by atoms with Crippen LogP contribution in [0.4, 0.5) is 10.1 Å². The fraction of sp³-hybridized carbons (Fsp3) is 0.571. The summed E-state index contributed by atoms with van der Waals surface area (Å²) in [6.07, 6.45) is 2.99. The standard InChI is InChI=1S/C14H22FN3O2S/c1-18-8-5-11(6-9-18)4-7-17-21(19,20)12-2-3-14(16)13(15)10-12/h2-3,10-11,17H,4-9,16H2,1H3. The van der Waals surface area contributed by atoms with Gasteiger partial charge >= 0.3 is 0 Å². The van der Waals surface area contributed by atoms with Crippen molar-refractivity contribution in [3.8, 4) is 0 Å². The van der Waals surface area contributed by atoms with Gasteiger partial charge in [0, 0.05) is 6.54 Å². The molecule has 0 spiro atoms. The van der Waals surface area contributed by atoms with E-state index in [0.717, 1.165) is 38.4 Å². The van der Waals surface area contributed by atoms with Crippen LogP contribution >= 0.6 is 0 Å². The molecule has 1 aliphatic rings. The predicted octanol–water partition coefficient (Wildman–Crippen LogP) is 1.42. The maximum absolute atomic E-state index is 13.3. The Morgan fingerprint density at radius 2 is 2.05 bits per heavy atom. The van der Waals surface area contributed by atoms with Gasteiger partial charge in [0.05, 0.1) is 10.6 Å². The number of piperidine rings is 1. The summed E-state index contributed by atoms with van der Waals surface area (Å²) in [5.41, 5.74) is 5.29. The highest BCUT2D eigenvalue weighted by Gasteiger charge is 2.19. The van der Waals surface area contributed by atoms with Crippen LogP contribution in [-0.2, 0) is 10.0 Å². The molecule has 1 saturated heterocycles. The molecule has 2 rings (SSSR count). The van der Waals surface area contributed by atoms with Gasteiger partial charge in [-0.3, -0.25) is 0 Å². The summed E-state index contributed by atoms with van der Waals surface area (Å²) in [4.78, 5) is 2.19. The topological polar surface area (TPSA) is 75.4 Å². The van der Waals surface area contributed by atoms with E-state index in [1.54, 1.807) is 0 Å². The number of nitrogens with one attached hydrogen (secondary N) is 1. The quantitative estimate of drug-likeness (QED) is 0.806. The molecule has 0 unspecified atom stereocenters. The summed E-state index contributed by atoms with van der Waals surface area (Å²) >= 11 is 0. The number of hydrogen-bond donors (Lipinski definition) is 2. The van der Waals surface area contributed by atoms with E-state index < -0.39 is 15.8 Å². The number of halogens is 1. The predicted molar refractivity (Wildman–Crippen MR) is 80.8 cm³/mol. The molecule has 7 heteroatoms. The van der Waals surface area contributed by atoms with Crippen molar-refractivity contribution >= 4 is 15.7 Å². The molecule has 0 atom stereocenters. The first-order valence-corrected chi connectivity index (χ1v) is 8.60. The number of benzene rings is 1. The third-order valence-electron chi connectivity index (χ3n) is 3.97. The molecule has 0 amide bonds. The monoisotopic (exact) mass is 315 g/mol. The molecule has 1 aromatic rings. The first-order chi connectivity index (χ1) is 9.88. The van der Waals surface area contributed by atoms with Gasteiger partial charge in [0.2, 0.25) is 10.0 Å². The van der Waals surface area contributed by atoms with Crippen LogP contribution in [0, 0.1) is 11.7 Å². The molecule has 1 aromatic carbocycles. The molecule has 21 heavy (non-hydrogen) atoms. The van der Waals surface area contributed by atoms with E-state index in [4.69, 9.17) is 5.73 Å². The summed E-state index contributed by atoms with van der Waals surface area (Å²) in [5.74, 6) is -0.166. The van der Waals surface area contributed by atoms with Crippen molar-refractivity contribution < 1.29 is 12.8 Å². The van der Waals surface area contributed by atoms with Crippen molar-refractivity contribution in [2.24, 2.45) is 5.92 Å². The number of sulfonamides is 1. The van der Waals surface area contributed by atoms with Gasteiger partial charge in [-0.25, -0.2) is 17.5 Å². The Balaban J connectivity index is 1.88. The first kappa shape index (κ1) is 16.2. The molecule has 3 N–H and O–H groups in total. The number of rotatable bonds is 5. The molecule has 0 bridgehead atoms. The van der Waals surface area contributed by atoms with Crippen LogP contribution in [0.15, 0.2) is 23.1 Å². The lowest BCUT2D eigenvalue weighted by molar-refractivity contribution is 0.213. The Morgan fingerprint density at radius 3 is 2.67 bits per heavy atom. The second-order valence-corrected chi connectivity index (χ2v) is 7.38. The highest BCUT2D eigenvalue weighted by atomic mass is 32.2. The van der Waals surface area contributed by atoms with E-state index in [-0.39, 0.29) is 10.6 Å². The molecule has 0 saturated carbocycles. The number of hydrogen-bond acceptors (Lipinski definition) is 4. The Labute approximate surface area is 125 Å². The van der Waals surface area contributed by atoms with E-state index in [9.17, 15) is 12.8 Å². The Kier molecular flexibility index (Phi) is 5.18. The summed E-state index contributed by atoms with van der Waals surface area (Å²) in [6, 6.07) is 3.53. The molecule has 0 radical (unpaired) electrons. The fourth-order valence-electron chi connectivity index (χ4n) is 2.51. The minimum atomic E-state index is -3.67. The molecule has 1 aliphatic heterocycles. The van der Waals surface area contributed by atoms with Crippen molar-refractivity contribution in [3.63, 3.8) is 0 Å². The lowest BCUT2D eigenvalue weighted by Gasteiger charge is -2.28. The number of anilines is 1. The smallest absolute Gasteiger partial charge is 0.240 e. The second kappa shape index (κ2) is 6.72. The molecule has 1 heterocycles. The molecule has 0 aliphatic carbocycles. The average Bonchev–Trinajstić information content (AvgIpc) is 2.44. The van der Waals surface area contributed by atoms with E-state index in [2.05, 4.69) is 16.7 Å². The maximum atomic E-state index is 13.3. The van der Waals surface area contributed by atoms with Gasteiger partial charge in [-0.1, -0.05) is 0 Å². The molecular weight excluding hydrogens is 293 g/mol. The number of nitrogen functional groups attached to an aromatic ring is 1. The van der Waals surface area contributed by atoms with E-state index in [1.165, 1.54) is 12.1 Å². The zero-order valence-electron chi connectivity index (χ0n) is 12.2. The van der Waals surface area contributed by atoms with E-state index in [0.29, 0.717) is 12.5 Å². The SMILES string of the molecule is CN1CCC(CCNS(=O)(=O)c2ccc(N)c(F)c2)CC1. The minimum Gasteiger partial charge on any atom is -0.396 e. The normalized spacial score (nSPS) is 18.0. The fourth-order valence-corrected chi connectivity index (χ4v) is 3.57. The van der Waals surface area contributed by atoms with Gasteiger partial charge in [0.1, 0.15) is 5.82 Å². The molecule has 118 valence electrons. The van der Waals surface area contributed by atoms with Gasteiger partial charge in [-0.2, -0.15) is 0 Å². The first-order valence-electron chi connectivity index (χ1n) is 7.12. The van der Waals surface area contributed by atoms with Gasteiger partial charge in [0.25, 0.3) is 0 Å². The largest absolute Gasteiger partial charge is 0.396 e. The van der Waals surface area contributed by atoms with Crippen LogP contribution in [0.1, 0.15) is 19.3 Å². The van der Waals surface area contributed by atoms with Crippen LogP contribution in [-0.4, -0.2) is 40.0 Å². The lowest BCUT2D eigenvalue weighted by atomic mass is 9.94. The van der Waals surface area contributed by atoms with Crippen LogP contribution in [0.5, 0.6) is 0 Å². The average molecular weight is 315 g/mol. The third kappa shape index (κ3) is 4.39. The van der Waals surface area contributed by atoms with Gasteiger partial charge in [0.15, 0.2) is 0 Å². The molecule has 1 fully saturated rings. The van der Waals surface area contributed by atoms with Gasteiger partial charge in [-0.15, -0.1) is 0 Å². The Bertz CT molecular complexity index is 584. The minimum absolute atomic E-state index is 0.0553. The highest BCUT2D eigenvalue weighted by Crippen LogP contribution is 2.20. The van der Waals surface area contributed by atoms with Crippen LogP contribution in [0.3, 0.4) is 0 Å². The zero-order chi connectivity index (χ0) is 15.5. The van der Waals surface area contributed by atoms with Crippen molar-refractivity contribution in [2.45, 2.75) is 24.2 Å². The number of likely N-dealkylation sites (tertiary alicyclic amines) is 1.